The molecular formula is C16H24N2O2. The van der Waals surface area contributed by atoms with Gasteiger partial charge in [-0.1, -0.05) is 19.3 Å². The molecule has 1 aliphatic carbocycles. The van der Waals surface area contributed by atoms with E-state index in [-0.39, 0.29) is 11.7 Å². The summed E-state index contributed by atoms with van der Waals surface area (Å²) in [7, 11) is 0. The van der Waals surface area contributed by atoms with Crippen molar-refractivity contribution in [3.8, 4) is 5.75 Å². The van der Waals surface area contributed by atoms with E-state index in [0.717, 1.165) is 18.4 Å². The van der Waals surface area contributed by atoms with Crippen LogP contribution in [0.1, 0.15) is 48.0 Å². The molecule has 3 N–H and O–H groups in total. The van der Waals surface area contributed by atoms with Crippen molar-refractivity contribution in [1.29, 1.82) is 0 Å². The average Bonchev–Trinajstić information content (AvgIpc) is 2.45. The molecule has 1 aromatic carbocycles. The maximum Gasteiger partial charge on any atom is 0.254 e. The van der Waals surface area contributed by atoms with Crippen LogP contribution in [0, 0.1) is 6.92 Å². The van der Waals surface area contributed by atoms with E-state index in [2.05, 4.69) is 0 Å². The number of amides is 1. The normalized spacial score (nSPS) is 16.1. The number of aromatic hydroxyl groups is 1. The number of rotatable bonds is 4. The number of nitrogens with zero attached hydrogens (tertiary/aromatic N) is 1. The predicted molar refractivity (Wildman–Crippen MR) is 79.8 cm³/mol. The fourth-order valence-electron chi connectivity index (χ4n) is 3.02. The number of carbonyl (C=O) groups is 1. The zero-order chi connectivity index (χ0) is 14.5. The quantitative estimate of drug-likeness (QED) is 0.887. The van der Waals surface area contributed by atoms with Crippen LogP contribution in [-0.2, 0) is 0 Å². The highest BCUT2D eigenvalue weighted by molar-refractivity contribution is 5.96. The second-order valence-electron chi connectivity index (χ2n) is 5.58. The molecule has 0 spiro atoms. The first kappa shape index (κ1) is 14.9. The molecule has 0 aromatic heterocycles. The molecule has 1 fully saturated rings. The van der Waals surface area contributed by atoms with E-state index in [0.29, 0.717) is 24.7 Å². The number of nitrogens with two attached hydrogens (primary N) is 1. The Morgan fingerprint density at radius 1 is 1.35 bits per heavy atom. The van der Waals surface area contributed by atoms with Gasteiger partial charge in [0.15, 0.2) is 0 Å². The van der Waals surface area contributed by atoms with Gasteiger partial charge in [0, 0.05) is 24.7 Å². The first-order valence-corrected chi connectivity index (χ1v) is 7.44. The predicted octanol–water partition coefficient (Wildman–Crippen LogP) is 2.43. The van der Waals surface area contributed by atoms with Gasteiger partial charge in [0.1, 0.15) is 5.75 Å². The van der Waals surface area contributed by atoms with Crippen molar-refractivity contribution in [1.82, 2.24) is 4.90 Å². The summed E-state index contributed by atoms with van der Waals surface area (Å²) in [5.41, 5.74) is 7.16. The number of aryl methyl sites for hydroxylation is 1. The Morgan fingerprint density at radius 2 is 2.05 bits per heavy atom. The fraction of sp³-hybridized carbons (Fsp3) is 0.562. The van der Waals surface area contributed by atoms with E-state index in [1.807, 2.05) is 11.8 Å². The van der Waals surface area contributed by atoms with Gasteiger partial charge in [-0.15, -0.1) is 0 Å². The third kappa shape index (κ3) is 3.31. The molecule has 1 aliphatic rings. The largest absolute Gasteiger partial charge is 0.508 e. The van der Waals surface area contributed by atoms with Gasteiger partial charge in [-0.3, -0.25) is 4.79 Å². The van der Waals surface area contributed by atoms with Crippen LogP contribution in [0.5, 0.6) is 5.75 Å². The summed E-state index contributed by atoms with van der Waals surface area (Å²) in [6, 6.07) is 5.23. The molecule has 0 heterocycles. The molecule has 0 aliphatic heterocycles. The lowest BCUT2D eigenvalue weighted by atomic mass is 9.93. The second-order valence-corrected chi connectivity index (χ2v) is 5.58. The van der Waals surface area contributed by atoms with Crippen LogP contribution in [0.4, 0.5) is 0 Å². The van der Waals surface area contributed by atoms with Gasteiger partial charge in [-0.05, 0) is 43.5 Å². The van der Waals surface area contributed by atoms with E-state index in [4.69, 9.17) is 5.73 Å². The summed E-state index contributed by atoms with van der Waals surface area (Å²) >= 11 is 0. The highest BCUT2D eigenvalue weighted by Crippen LogP contribution is 2.25. The number of hydrogen-bond donors (Lipinski definition) is 2. The van der Waals surface area contributed by atoms with Crippen molar-refractivity contribution in [2.75, 3.05) is 13.1 Å². The molecule has 20 heavy (non-hydrogen) atoms. The van der Waals surface area contributed by atoms with Crippen LogP contribution in [0.2, 0.25) is 0 Å². The minimum atomic E-state index is 0.0415. The maximum atomic E-state index is 12.8. The molecule has 110 valence electrons. The van der Waals surface area contributed by atoms with E-state index >= 15 is 0 Å². The number of phenolic OH excluding ortho intramolecular Hbond substituents is 1. The molecule has 0 radical (unpaired) electrons. The van der Waals surface area contributed by atoms with Crippen molar-refractivity contribution < 1.29 is 9.90 Å². The summed E-state index contributed by atoms with van der Waals surface area (Å²) in [4.78, 5) is 14.7. The summed E-state index contributed by atoms with van der Waals surface area (Å²) < 4.78 is 0. The summed E-state index contributed by atoms with van der Waals surface area (Å²) in [5, 5.41) is 9.47. The van der Waals surface area contributed by atoms with Gasteiger partial charge in [0.05, 0.1) is 0 Å². The molecule has 1 saturated carbocycles. The van der Waals surface area contributed by atoms with Crippen molar-refractivity contribution >= 4 is 5.91 Å². The molecule has 0 bridgehead atoms. The van der Waals surface area contributed by atoms with Crippen molar-refractivity contribution in [3.63, 3.8) is 0 Å². The van der Waals surface area contributed by atoms with Gasteiger partial charge >= 0.3 is 0 Å². The minimum absolute atomic E-state index is 0.0415. The Bertz CT molecular complexity index is 468. The fourth-order valence-corrected chi connectivity index (χ4v) is 3.02. The highest BCUT2D eigenvalue weighted by Gasteiger charge is 2.26. The van der Waals surface area contributed by atoms with Gasteiger partial charge in [0.2, 0.25) is 0 Å². The van der Waals surface area contributed by atoms with Gasteiger partial charge < -0.3 is 15.7 Å². The van der Waals surface area contributed by atoms with Crippen LogP contribution < -0.4 is 5.73 Å². The SMILES string of the molecule is Cc1cc(O)ccc1C(=O)N(CCN)C1CCCCC1. The Balaban J connectivity index is 2.21. The third-order valence-electron chi connectivity index (χ3n) is 4.09. The van der Waals surface area contributed by atoms with Crippen LogP contribution >= 0.6 is 0 Å². The first-order chi connectivity index (χ1) is 9.63. The first-order valence-electron chi connectivity index (χ1n) is 7.44. The lowest BCUT2D eigenvalue weighted by molar-refractivity contribution is 0.0641. The zero-order valence-electron chi connectivity index (χ0n) is 12.1. The van der Waals surface area contributed by atoms with Gasteiger partial charge in [0.25, 0.3) is 5.91 Å². The second kappa shape index (κ2) is 6.75. The number of phenols is 1. The molecular weight excluding hydrogens is 252 g/mol. The topological polar surface area (TPSA) is 66.6 Å². The summed E-state index contributed by atoms with van der Waals surface area (Å²) in [5.74, 6) is 0.238. The van der Waals surface area contributed by atoms with Crippen LogP contribution in [0.3, 0.4) is 0 Å². The number of hydrogen-bond acceptors (Lipinski definition) is 3. The Kier molecular flexibility index (Phi) is 5.01. The lowest BCUT2D eigenvalue weighted by Gasteiger charge is -2.34. The zero-order valence-corrected chi connectivity index (χ0v) is 12.1. The summed E-state index contributed by atoms with van der Waals surface area (Å²) in [6.45, 7) is 2.94. The number of benzene rings is 1. The molecule has 0 saturated heterocycles. The van der Waals surface area contributed by atoms with Gasteiger partial charge in [-0.2, -0.15) is 0 Å². The van der Waals surface area contributed by atoms with E-state index < -0.39 is 0 Å². The monoisotopic (exact) mass is 276 g/mol. The summed E-state index contributed by atoms with van der Waals surface area (Å²) in [6.07, 6.45) is 5.78. The Hall–Kier alpha value is -1.55. The molecule has 0 unspecified atom stereocenters. The maximum absolute atomic E-state index is 12.8. The lowest BCUT2D eigenvalue weighted by Crippen LogP contribution is -2.44. The van der Waals surface area contributed by atoms with Crippen LogP contribution in [0.15, 0.2) is 18.2 Å². The molecule has 1 amide bonds. The van der Waals surface area contributed by atoms with Gasteiger partial charge in [-0.25, -0.2) is 0 Å². The van der Waals surface area contributed by atoms with E-state index in [1.54, 1.807) is 18.2 Å². The Labute approximate surface area is 120 Å². The average molecular weight is 276 g/mol. The third-order valence-corrected chi connectivity index (χ3v) is 4.09. The highest BCUT2D eigenvalue weighted by atomic mass is 16.3. The van der Waals surface area contributed by atoms with E-state index in [1.165, 1.54) is 19.3 Å². The molecule has 4 heteroatoms. The van der Waals surface area contributed by atoms with Crippen molar-refractivity contribution in [2.24, 2.45) is 5.73 Å². The number of carbonyl (C=O) groups excluding carboxylic acids is 1. The smallest absolute Gasteiger partial charge is 0.254 e. The molecule has 2 rings (SSSR count). The van der Waals surface area contributed by atoms with Crippen molar-refractivity contribution in [2.45, 2.75) is 45.1 Å². The van der Waals surface area contributed by atoms with Crippen LogP contribution in [0.25, 0.3) is 0 Å². The minimum Gasteiger partial charge on any atom is -0.508 e. The molecule has 0 atom stereocenters. The molecule has 1 aromatic rings. The Morgan fingerprint density at radius 3 is 2.65 bits per heavy atom. The van der Waals surface area contributed by atoms with Crippen molar-refractivity contribution in [3.05, 3.63) is 29.3 Å². The standard InChI is InChI=1S/C16H24N2O2/c1-12-11-14(19)7-8-15(12)16(20)18(10-9-17)13-5-3-2-4-6-13/h7-8,11,13,19H,2-6,9-10,17H2,1H3. The van der Waals surface area contributed by atoms with E-state index in [9.17, 15) is 9.90 Å². The molecule has 4 nitrogen and oxygen atoms in total. The van der Waals surface area contributed by atoms with Crippen LogP contribution in [-0.4, -0.2) is 35.0 Å².